The quantitative estimate of drug-likeness (QED) is 0.182. The van der Waals surface area contributed by atoms with Gasteiger partial charge in [0, 0.05) is 63.3 Å². The summed E-state index contributed by atoms with van der Waals surface area (Å²) in [5.41, 5.74) is 8.97. The lowest BCUT2D eigenvalue weighted by molar-refractivity contribution is 0.667. The van der Waals surface area contributed by atoms with Gasteiger partial charge in [-0.25, -0.2) is 0 Å². The second-order valence-corrected chi connectivity index (χ2v) is 15.7. The number of para-hydroxylation sites is 3. The van der Waals surface area contributed by atoms with Crippen LogP contribution in [0.15, 0.2) is 173 Å². The van der Waals surface area contributed by atoms with E-state index in [0.29, 0.717) is 0 Å². The number of benzene rings is 8. The van der Waals surface area contributed by atoms with Crippen LogP contribution in [0.4, 0.5) is 17.1 Å². The Balaban J connectivity index is 1.22. The van der Waals surface area contributed by atoms with Crippen molar-refractivity contribution < 1.29 is 8.83 Å². The summed E-state index contributed by atoms with van der Waals surface area (Å²) in [7, 11) is 0. The molecule has 0 fully saturated rings. The summed E-state index contributed by atoms with van der Waals surface area (Å²) in [6.07, 6.45) is 0. The van der Waals surface area contributed by atoms with Crippen molar-refractivity contribution >= 4 is 124 Å². The number of thiophene rings is 2. The van der Waals surface area contributed by atoms with Gasteiger partial charge in [0.15, 0.2) is 5.58 Å². The fraction of sp³-hybridized carbons (Fsp3) is 0. The Kier molecular flexibility index (Phi) is 6.09. The Labute approximate surface area is 311 Å². The van der Waals surface area contributed by atoms with E-state index in [1.54, 1.807) is 0 Å². The van der Waals surface area contributed by atoms with Crippen molar-refractivity contribution in [3.63, 3.8) is 0 Å². The van der Waals surface area contributed by atoms with Crippen LogP contribution in [0.5, 0.6) is 0 Å². The van der Waals surface area contributed by atoms with E-state index < -0.39 is 0 Å². The average Bonchev–Trinajstić information content (AvgIpc) is 3.98. The van der Waals surface area contributed by atoms with Gasteiger partial charge in [0.1, 0.15) is 16.7 Å². The molecule has 0 atom stereocenters. The molecule has 0 amide bonds. The van der Waals surface area contributed by atoms with Crippen LogP contribution in [-0.2, 0) is 0 Å². The molecule has 0 aliphatic heterocycles. The molecule has 8 aromatic carbocycles. The third-order valence-corrected chi connectivity index (χ3v) is 13.1. The topological polar surface area (TPSA) is 29.5 Å². The van der Waals surface area contributed by atoms with Gasteiger partial charge < -0.3 is 13.7 Å². The maximum Gasteiger partial charge on any atom is 0.159 e. The number of hydrogen-bond donors (Lipinski definition) is 0. The molecular weight excluding hydrogens is 687 g/mol. The monoisotopic (exact) mass is 713 g/mol. The number of nitrogens with zero attached hydrogens (tertiary/aromatic N) is 1. The zero-order valence-electron chi connectivity index (χ0n) is 28.2. The Bertz CT molecular complexity index is 3420. The van der Waals surface area contributed by atoms with Crippen molar-refractivity contribution in [2.75, 3.05) is 4.90 Å². The number of furan rings is 2. The first-order valence-corrected chi connectivity index (χ1v) is 19.4. The molecule has 3 nitrogen and oxygen atoms in total. The number of hydrogen-bond acceptors (Lipinski definition) is 5. The van der Waals surface area contributed by atoms with Crippen LogP contribution in [0.25, 0.3) is 95.3 Å². The first-order chi connectivity index (χ1) is 26.3. The average molecular weight is 714 g/mol. The van der Waals surface area contributed by atoms with Crippen molar-refractivity contribution in [2.45, 2.75) is 0 Å². The highest BCUT2D eigenvalue weighted by molar-refractivity contribution is 7.30. The zero-order chi connectivity index (χ0) is 34.6. The summed E-state index contributed by atoms with van der Waals surface area (Å²) < 4.78 is 18.4. The fourth-order valence-corrected chi connectivity index (χ4v) is 10.9. The second-order valence-electron chi connectivity index (χ2n) is 13.6. The molecule has 0 unspecified atom stereocenters. The van der Waals surface area contributed by atoms with E-state index in [1.165, 1.54) is 51.5 Å². The smallest absolute Gasteiger partial charge is 0.159 e. The molecule has 12 aromatic rings. The van der Waals surface area contributed by atoms with Crippen LogP contribution < -0.4 is 4.90 Å². The van der Waals surface area contributed by atoms with E-state index >= 15 is 0 Å². The summed E-state index contributed by atoms with van der Waals surface area (Å²) in [6, 6.07) is 58.5. The number of rotatable bonds is 4. The lowest BCUT2D eigenvalue weighted by atomic mass is 9.97. The molecule has 0 bridgehead atoms. The molecule has 4 aromatic heterocycles. The maximum atomic E-state index is 6.74. The molecular formula is C48H27NO2S2. The molecule has 0 saturated carbocycles. The van der Waals surface area contributed by atoms with Crippen LogP contribution in [-0.4, -0.2) is 0 Å². The van der Waals surface area contributed by atoms with Crippen LogP contribution >= 0.6 is 22.7 Å². The first kappa shape index (κ1) is 29.2. The van der Waals surface area contributed by atoms with E-state index in [0.717, 1.165) is 60.9 Å². The van der Waals surface area contributed by atoms with E-state index in [4.69, 9.17) is 8.83 Å². The third kappa shape index (κ3) is 4.20. The molecule has 0 aliphatic rings. The maximum absolute atomic E-state index is 6.74. The van der Waals surface area contributed by atoms with Crippen LogP contribution in [0.2, 0.25) is 0 Å². The van der Waals surface area contributed by atoms with Crippen molar-refractivity contribution in [1.29, 1.82) is 0 Å². The van der Waals surface area contributed by atoms with Gasteiger partial charge in [0.25, 0.3) is 0 Å². The molecule has 53 heavy (non-hydrogen) atoms. The highest BCUT2D eigenvalue weighted by Gasteiger charge is 2.25. The normalized spacial score (nSPS) is 12.2. The standard InChI is InChI=1S/C48H27NO2S2/c1-2-11-28(12-3-1)30-23-25-38(48-44(30)36-24-26-43-45(47(36)53-48)35-15-6-9-20-42(35)52-43)49(29-21-22-33-31-13-4-7-18-39(31)50-41(33)27-29)37-17-10-16-34-32-14-5-8-19-40(32)51-46(34)37/h1-27H. The van der Waals surface area contributed by atoms with Gasteiger partial charge in [-0.3, -0.25) is 0 Å². The van der Waals surface area contributed by atoms with Crippen LogP contribution in [0.1, 0.15) is 0 Å². The highest BCUT2D eigenvalue weighted by atomic mass is 32.1. The lowest BCUT2D eigenvalue weighted by Gasteiger charge is -2.26. The minimum atomic E-state index is 0.852. The predicted molar refractivity (Wildman–Crippen MR) is 227 cm³/mol. The van der Waals surface area contributed by atoms with Gasteiger partial charge in [-0.15, -0.1) is 22.7 Å². The molecule has 4 heterocycles. The van der Waals surface area contributed by atoms with Gasteiger partial charge in [-0.2, -0.15) is 0 Å². The largest absolute Gasteiger partial charge is 0.456 e. The van der Waals surface area contributed by atoms with E-state index in [2.05, 4.69) is 150 Å². The zero-order valence-corrected chi connectivity index (χ0v) is 29.8. The highest BCUT2D eigenvalue weighted by Crippen LogP contribution is 2.53. The Morgan fingerprint density at radius 3 is 1.96 bits per heavy atom. The van der Waals surface area contributed by atoms with Crippen LogP contribution in [0, 0.1) is 0 Å². The SMILES string of the molecule is c1ccc(-c2ccc(N(c3ccc4c(c3)oc3ccccc34)c3cccc4c3oc3ccccc34)c3sc4c(ccc5sc6ccccc6c54)c23)cc1. The number of anilines is 3. The van der Waals surface area contributed by atoms with Gasteiger partial charge >= 0.3 is 0 Å². The molecule has 0 saturated heterocycles. The van der Waals surface area contributed by atoms with Crippen molar-refractivity contribution in [1.82, 2.24) is 0 Å². The summed E-state index contributed by atoms with van der Waals surface area (Å²) in [5.74, 6) is 0. The lowest BCUT2D eigenvalue weighted by Crippen LogP contribution is -2.10. The Morgan fingerprint density at radius 1 is 0.396 bits per heavy atom. The Morgan fingerprint density at radius 2 is 1.09 bits per heavy atom. The van der Waals surface area contributed by atoms with Crippen molar-refractivity contribution in [2.24, 2.45) is 0 Å². The minimum absolute atomic E-state index is 0.852. The van der Waals surface area contributed by atoms with E-state index in [-0.39, 0.29) is 0 Å². The molecule has 12 rings (SSSR count). The summed E-state index contributed by atoms with van der Waals surface area (Å²) in [6.45, 7) is 0. The van der Waals surface area contributed by atoms with Gasteiger partial charge in [0.05, 0.1) is 21.8 Å². The third-order valence-electron chi connectivity index (χ3n) is 10.7. The molecule has 0 N–H and O–H groups in total. The van der Waals surface area contributed by atoms with Crippen molar-refractivity contribution in [3.8, 4) is 11.1 Å². The second kappa shape index (κ2) is 11.1. The minimum Gasteiger partial charge on any atom is -0.456 e. The molecule has 248 valence electrons. The summed E-state index contributed by atoms with van der Waals surface area (Å²) in [4.78, 5) is 2.38. The molecule has 0 radical (unpaired) electrons. The molecule has 0 spiro atoms. The van der Waals surface area contributed by atoms with Gasteiger partial charge in [-0.05, 0) is 59.7 Å². The van der Waals surface area contributed by atoms with Gasteiger partial charge in [-0.1, -0.05) is 109 Å². The van der Waals surface area contributed by atoms with Crippen LogP contribution in [0.3, 0.4) is 0 Å². The Hall–Kier alpha value is -6.40. The number of fused-ring (bicyclic) bond motifs is 13. The first-order valence-electron chi connectivity index (χ1n) is 17.7. The van der Waals surface area contributed by atoms with E-state index in [9.17, 15) is 0 Å². The summed E-state index contributed by atoms with van der Waals surface area (Å²) >= 11 is 3.76. The van der Waals surface area contributed by atoms with Gasteiger partial charge in [0.2, 0.25) is 0 Å². The van der Waals surface area contributed by atoms with E-state index in [1.807, 2.05) is 40.9 Å². The molecule has 5 heteroatoms. The van der Waals surface area contributed by atoms with Crippen molar-refractivity contribution in [3.05, 3.63) is 164 Å². The fourth-order valence-electron chi connectivity index (χ4n) is 8.34. The molecule has 0 aliphatic carbocycles. The predicted octanol–water partition coefficient (Wildman–Crippen LogP) is 15.4. The summed E-state index contributed by atoms with van der Waals surface area (Å²) in [5, 5.41) is 9.60.